The van der Waals surface area contributed by atoms with E-state index in [4.69, 9.17) is 4.74 Å². The van der Waals surface area contributed by atoms with Crippen molar-refractivity contribution in [3.63, 3.8) is 0 Å². The van der Waals surface area contributed by atoms with Gasteiger partial charge in [-0.15, -0.1) is 6.58 Å². The first-order chi connectivity index (χ1) is 16.5. The molecule has 0 radical (unpaired) electrons. The van der Waals surface area contributed by atoms with Gasteiger partial charge in [-0.1, -0.05) is 55.3 Å². The molecule has 1 heterocycles. The Balaban J connectivity index is 1.71. The van der Waals surface area contributed by atoms with Crippen LogP contribution in [0.3, 0.4) is 0 Å². The van der Waals surface area contributed by atoms with Crippen molar-refractivity contribution in [2.45, 2.75) is 64.7 Å². The zero-order valence-electron chi connectivity index (χ0n) is 20.4. The number of hydrogen-bond acceptors (Lipinski definition) is 4. The van der Waals surface area contributed by atoms with Crippen LogP contribution in [-0.4, -0.2) is 42.4 Å². The molecule has 1 aromatic rings. The molecule has 1 aromatic carbocycles. The first kappa shape index (κ1) is 25.7. The molecule has 0 spiro atoms. The van der Waals surface area contributed by atoms with Gasteiger partial charge in [0.1, 0.15) is 5.41 Å². The highest BCUT2D eigenvalue weighted by Crippen LogP contribution is 2.52. The standard InChI is InChI=1S/C28H38N2O4/c1-3-20-30-24-17-10-5-6-12-18-28(24,27(33)34-4-2)23(26(30)32)21-25(31)29-19-13-11-16-22-14-8-7-9-15-22/h3,7-9,14-15,17,23H,1,4-6,10-13,16,18-21H2,2H3,(H,29,31)/b24-17+/t23-,28-/m1/s1. The monoisotopic (exact) mass is 466 g/mol. The third-order valence-corrected chi connectivity index (χ3v) is 6.92. The minimum atomic E-state index is -1.10. The lowest BCUT2D eigenvalue weighted by Gasteiger charge is -2.34. The second kappa shape index (κ2) is 12.5. The Morgan fingerprint density at radius 3 is 2.74 bits per heavy atom. The fourth-order valence-corrected chi connectivity index (χ4v) is 5.27. The van der Waals surface area contributed by atoms with Gasteiger partial charge in [-0.05, 0) is 51.0 Å². The minimum absolute atomic E-state index is 0.0126. The molecule has 6 heteroatoms. The van der Waals surface area contributed by atoms with E-state index in [1.54, 1.807) is 17.9 Å². The number of allylic oxidation sites excluding steroid dienone is 1. The van der Waals surface area contributed by atoms with E-state index in [1.807, 2.05) is 24.3 Å². The molecule has 0 bridgehead atoms. The molecule has 34 heavy (non-hydrogen) atoms. The number of nitrogens with one attached hydrogen (secondary N) is 1. The zero-order chi connectivity index (χ0) is 24.4. The molecule has 1 fully saturated rings. The van der Waals surface area contributed by atoms with Crippen LogP contribution in [-0.2, 0) is 25.5 Å². The number of rotatable bonds is 11. The van der Waals surface area contributed by atoms with E-state index in [1.165, 1.54) is 5.56 Å². The summed E-state index contributed by atoms with van der Waals surface area (Å²) in [5.41, 5.74) is 0.894. The van der Waals surface area contributed by atoms with Crippen LogP contribution in [0.5, 0.6) is 0 Å². The van der Waals surface area contributed by atoms with E-state index < -0.39 is 11.3 Å². The number of aryl methyl sites for hydroxylation is 1. The van der Waals surface area contributed by atoms with Gasteiger partial charge in [0, 0.05) is 25.2 Å². The summed E-state index contributed by atoms with van der Waals surface area (Å²) in [6, 6.07) is 10.3. The van der Waals surface area contributed by atoms with Crippen molar-refractivity contribution < 1.29 is 19.1 Å². The maximum Gasteiger partial charge on any atom is 0.318 e. The molecule has 6 nitrogen and oxygen atoms in total. The fourth-order valence-electron chi connectivity index (χ4n) is 5.27. The Labute approximate surface area is 203 Å². The quantitative estimate of drug-likeness (QED) is 0.295. The molecule has 3 rings (SSSR count). The highest BCUT2D eigenvalue weighted by atomic mass is 16.5. The normalized spacial score (nSPS) is 23.8. The summed E-state index contributed by atoms with van der Waals surface area (Å²) < 4.78 is 5.51. The van der Waals surface area contributed by atoms with Crippen molar-refractivity contribution in [2.75, 3.05) is 19.7 Å². The minimum Gasteiger partial charge on any atom is -0.465 e. The lowest BCUT2D eigenvalue weighted by atomic mass is 9.69. The maximum absolute atomic E-state index is 13.5. The highest BCUT2D eigenvalue weighted by Gasteiger charge is 2.61. The molecule has 1 aliphatic carbocycles. The number of hydrogen-bond donors (Lipinski definition) is 1. The van der Waals surface area contributed by atoms with Crippen LogP contribution in [0.15, 0.2) is 54.8 Å². The third-order valence-electron chi connectivity index (χ3n) is 6.92. The van der Waals surface area contributed by atoms with Crippen LogP contribution in [0.1, 0.15) is 63.9 Å². The van der Waals surface area contributed by atoms with Gasteiger partial charge in [-0.25, -0.2) is 0 Å². The van der Waals surface area contributed by atoms with Crippen molar-refractivity contribution >= 4 is 17.8 Å². The molecule has 2 aliphatic rings. The highest BCUT2D eigenvalue weighted by molar-refractivity contribution is 5.98. The van der Waals surface area contributed by atoms with Gasteiger partial charge in [0.15, 0.2) is 0 Å². The number of esters is 1. The number of ether oxygens (including phenoxy) is 1. The molecular formula is C28H38N2O4. The predicted octanol–water partition coefficient (Wildman–Crippen LogP) is 4.56. The molecule has 2 atom stereocenters. The van der Waals surface area contributed by atoms with Crippen LogP contribution in [0.25, 0.3) is 0 Å². The number of carbonyl (C=O) groups is 3. The summed E-state index contributed by atoms with van der Waals surface area (Å²) in [5, 5.41) is 2.97. The number of likely N-dealkylation sites (tertiary alicyclic amines) is 1. The average Bonchev–Trinajstić information content (AvgIpc) is 3.02. The average molecular weight is 467 g/mol. The van der Waals surface area contributed by atoms with Crippen molar-refractivity contribution in [3.8, 4) is 0 Å². The summed E-state index contributed by atoms with van der Waals surface area (Å²) in [5.74, 6) is -1.51. The molecule has 0 aromatic heterocycles. The number of carbonyl (C=O) groups excluding carboxylic acids is 3. The first-order valence-electron chi connectivity index (χ1n) is 12.6. The van der Waals surface area contributed by atoms with E-state index in [9.17, 15) is 14.4 Å². The van der Waals surface area contributed by atoms with Crippen molar-refractivity contribution in [2.24, 2.45) is 11.3 Å². The van der Waals surface area contributed by atoms with Gasteiger partial charge < -0.3 is 15.0 Å². The lowest BCUT2D eigenvalue weighted by Crippen LogP contribution is -2.42. The fraction of sp³-hybridized carbons (Fsp3) is 0.536. The SMILES string of the molecule is C=CCN1C(=O)[C@@H](CC(=O)NCCCCc2ccccc2)[C@]2(C(=O)OCC)CCCCC/C=C/12. The smallest absolute Gasteiger partial charge is 0.318 e. The van der Waals surface area contributed by atoms with Gasteiger partial charge >= 0.3 is 5.97 Å². The van der Waals surface area contributed by atoms with E-state index in [0.29, 0.717) is 25.2 Å². The molecular weight excluding hydrogens is 428 g/mol. The Morgan fingerprint density at radius 2 is 2.00 bits per heavy atom. The summed E-state index contributed by atoms with van der Waals surface area (Å²) >= 11 is 0. The number of benzene rings is 1. The molecule has 0 saturated carbocycles. The van der Waals surface area contributed by atoms with Crippen LogP contribution in [0.2, 0.25) is 0 Å². The van der Waals surface area contributed by atoms with Crippen molar-refractivity contribution in [3.05, 3.63) is 60.3 Å². The van der Waals surface area contributed by atoms with Gasteiger partial charge in [-0.2, -0.15) is 0 Å². The molecule has 0 unspecified atom stereocenters. The summed E-state index contributed by atoms with van der Waals surface area (Å²) in [6.45, 7) is 6.68. The van der Waals surface area contributed by atoms with E-state index in [2.05, 4.69) is 24.0 Å². The maximum atomic E-state index is 13.5. The number of unbranched alkanes of at least 4 members (excludes halogenated alkanes) is 1. The summed E-state index contributed by atoms with van der Waals surface area (Å²) in [6.07, 6.45) is 10.6. The Bertz CT molecular complexity index is 895. The zero-order valence-corrected chi connectivity index (χ0v) is 20.4. The first-order valence-corrected chi connectivity index (χ1v) is 12.6. The van der Waals surface area contributed by atoms with Gasteiger partial charge in [0.25, 0.3) is 0 Å². The number of nitrogens with zero attached hydrogens (tertiary/aromatic N) is 1. The largest absolute Gasteiger partial charge is 0.465 e. The molecule has 2 amide bonds. The van der Waals surface area contributed by atoms with E-state index in [0.717, 1.165) is 44.9 Å². The topological polar surface area (TPSA) is 75.7 Å². The van der Waals surface area contributed by atoms with E-state index >= 15 is 0 Å². The van der Waals surface area contributed by atoms with Crippen molar-refractivity contribution in [1.29, 1.82) is 0 Å². The van der Waals surface area contributed by atoms with Crippen molar-refractivity contribution in [1.82, 2.24) is 10.2 Å². The van der Waals surface area contributed by atoms with Gasteiger partial charge in [0.05, 0.1) is 12.5 Å². The molecule has 1 N–H and O–H groups in total. The van der Waals surface area contributed by atoms with Crippen LogP contribution in [0, 0.1) is 11.3 Å². The predicted molar refractivity (Wildman–Crippen MR) is 133 cm³/mol. The van der Waals surface area contributed by atoms with Crippen LogP contribution in [0.4, 0.5) is 0 Å². The Hall–Kier alpha value is -2.89. The third kappa shape index (κ3) is 5.78. The van der Waals surface area contributed by atoms with Crippen LogP contribution < -0.4 is 5.32 Å². The Kier molecular flexibility index (Phi) is 9.49. The molecule has 184 valence electrons. The second-order valence-corrected chi connectivity index (χ2v) is 9.17. The van der Waals surface area contributed by atoms with Crippen LogP contribution >= 0.6 is 0 Å². The lowest BCUT2D eigenvalue weighted by molar-refractivity contribution is -0.158. The second-order valence-electron chi connectivity index (χ2n) is 9.17. The van der Waals surface area contributed by atoms with Gasteiger partial charge in [0.2, 0.25) is 11.8 Å². The number of amides is 2. The summed E-state index contributed by atoms with van der Waals surface area (Å²) in [4.78, 5) is 41.5. The summed E-state index contributed by atoms with van der Waals surface area (Å²) in [7, 11) is 0. The number of fused-ring (bicyclic) bond motifs is 1. The van der Waals surface area contributed by atoms with E-state index in [-0.39, 0.29) is 30.8 Å². The Morgan fingerprint density at radius 1 is 1.21 bits per heavy atom. The van der Waals surface area contributed by atoms with Gasteiger partial charge in [-0.3, -0.25) is 14.4 Å². The molecule has 1 saturated heterocycles. The molecule has 1 aliphatic heterocycles.